The molecule has 4 rings (SSSR count). The van der Waals surface area contributed by atoms with E-state index in [4.69, 9.17) is 4.74 Å². The van der Waals surface area contributed by atoms with E-state index in [1.807, 2.05) is 30.3 Å². The van der Waals surface area contributed by atoms with Gasteiger partial charge < -0.3 is 10.1 Å². The van der Waals surface area contributed by atoms with Crippen LogP contribution >= 0.6 is 11.3 Å². The van der Waals surface area contributed by atoms with Gasteiger partial charge in [-0.1, -0.05) is 30.3 Å². The average Bonchev–Trinajstić information content (AvgIpc) is 3.21. The smallest absolute Gasteiger partial charge is 0.341 e. The number of rotatable bonds is 6. The Bertz CT molecular complexity index is 1290. The van der Waals surface area contributed by atoms with E-state index in [1.54, 1.807) is 6.92 Å². The number of anilines is 1. The van der Waals surface area contributed by atoms with Gasteiger partial charge in [0, 0.05) is 29.0 Å². The van der Waals surface area contributed by atoms with Crippen molar-refractivity contribution in [1.82, 2.24) is 0 Å². The zero-order valence-corrected chi connectivity index (χ0v) is 19.2. The van der Waals surface area contributed by atoms with Crippen molar-refractivity contribution in [2.45, 2.75) is 31.6 Å². The summed E-state index contributed by atoms with van der Waals surface area (Å²) >= 11 is 1.27. The highest BCUT2D eigenvalue weighted by molar-refractivity contribution is 7.17. The molecule has 1 heterocycles. The van der Waals surface area contributed by atoms with Crippen molar-refractivity contribution in [3.63, 3.8) is 0 Å². The normalized spacial score (nSPS) is 16.7. The third kappa shape index (κ3) is 4.28. The van der Waals surface area contributed by atoms with E-state index in [1.165, 1.54) is 35.6 Å². The number of nitro benzene ring substituents is 1. The molecule has 0 spiro atoms. The van der Waals surface area contributed by atoms with Gasteiger partial charge in [-0.3, -0.25) is 14.9 Å². The molecule has 1 unspecified atom stereocenters. The summed E-state index contributed by atoms with van der Waals surface area (Å²) in [5.41, 5.74) is 1.42. The third-order valence-corrected chi connectivity index (χ3v) is 7.09. The van der Waals surface area contributed by atoms with E-state index in [0.29, 0.717) is 29.8 Å². The Kier molecular flexibility index (Phi) is 6.43. The van der Waals surface area contributed by atoms with Crippen LogP contribution in [0.3, 0.4) is 0 Å². The van der Waals surface area contributed by atoms with Crippen LogP contribution in [0.5, 0.6) is 0 Å². The van der Waals surface area contributed by atoms with Crippen molar-refractivity contribution >= 4 is 33.9 Å². The van der Waals surface area contributed by atoms with E-state index < -0.39 is 22.2 Å². The van der Waals surface area contributed by atoms with Crippen LogP contribution in [0.2, 0.25) is 0 Å². The summed E-state index contributed by atoms with van der Waals surface area (Å²) < 4.78 is 5.26. The molecule has 0 saturated carbocycles. The van der Waals surface area contributed by atoms with Gasteiger partial charge in [0.1, 0.15) is 5.00 Å². The fraction of sp³-hybridized carbons (Fsp3) is 0.240. The van der Waals surface area contributed by atoms with E-state index in [-0.39, 0.29) is 17.9 Å². The summed E-state index contributed by atoms with van der Waals surface area (Å²) in [4.78, 5) is 36.9. The number of benzene rings is 2. The quantitative estimate of drug-likeness (QED) is 0.303. The Labute approximate surface area is 199 Å². The molecule has 0 saturated heterocycles. The molecule has 34 heavy (non-hydrogen) atoms. The molecule has 172 valence electrons. The summed E-state index contributed by atoms with van der Waals surface area (Å²) in [6.07, 6.45) is 1.46. The third-order valence-electron chi connectivity index (χ3n) is 5.94. The number of amides is 1. The van der Waals surface area contributed by atoms with Gasteiger partial charge in [-0.25, -0.2) is 4.79 Å². The minimum Gasteiger partial charge on any atom is -0.462 e. The highest BCUT2D eigenvalue weighted by atomic mass is 32.1. The number of carbonyl (C=O) groups is 2. The predicted octanol–water partition coefficient (Wildman–Crippen LogP) is 5.04. The van der Waals surface area contributed by atoms with E-state index in [9.17, 15) is 25.0 Å². The van der Waals surface area contributed by atoms with Gasteiger partial charge in [0.25, 0.3) is 11.6 Å². The second-order valence-electron chi connectivity index (χ2n) is 7.92. The summed E-state index contributed by atoms with van der Waals surface area (Å²) in [5.74, 6) is -1.02. The maximum atomic E-state index is 12.9. The zero-order valence-electron chi connectivity index (χ0n) is 18.4. The summed E-state index contributed by atoms with van der Waals surface area (Å²) in [7, 11) is 0. The molecule has 1 aromatic heterocycles. The van der Waals surface area contributed by atoms with Gasteiger partial charge in [0.05, 0.1) is 28.6 Å². The summed E-state index contributed by atoms with van der Waals surface area (Å²) in [5, 5.41) is 24.1. The number of non-ortho nitro benzene ring substituents is 1. The topological polar surface area (TPSA) is 122 Å². The summed E-state index contributed by atoms with van der Waals surface area (Å²) in [6.45, 7) is 1.90. The van der Waals surface area contributed by atoms with Gasteiger partial charge in [-0.05, 0) is 43.0 Å². The fourth-order valence-corrected chi connectivity index (χ4v) is 5.55. The van der Waals surface area contributed by atoms with Crippen molar-refractivity contribution in [2.75, 3.05) is 11.9 Å². The monoisotopic (exact) mass is 475 g/mol. The molecule has 0 bridgehead atoms. The predicted molar refractivity (Wildman–Crippen MR) is 127 cm³/mol. The number of hydrogen-bond acceptors (Lipinski definition) is 7. The van der Waals surface area contributed by atoms with Crippen LogP contribution < -0.4 is 5.32 Å². The van der Waals surface area contributed by atoms with Gasteiger partial charge in [-0.2, -0.15) is 5.26 Å². The first kappa shape index (κ1) is 23.1. The second-order valence-corrected chi connectivity index (χ2v) is 9.03. The molecule has 1 N–H and O–H groups in total. The SMILES string of the molecule is CCOC(=O)c1c(NC(=O)c2ccc([N+](=O)[O-])cc2)sc2c1CCC(C#N)(c1ccccc1)C2. The number of nitrogens with zero attached hydrogens (tertiary/aromatic N) is 2. The maximum Gasteiger partial charge on any atom is 0.341 e. The highest BCUT2D eigenvalue weighted by Gasteiger charge is 2.40. The average molecular weight is 476 g/mol. The minimum atomic E-state index is -0.718. The first-order valence-corrected chi connectivity index (χ1v) is 11.5. The molecule has 1 atom stereocenters. The number of hydrogen-bond donors (Lipinski definition) is 1. The molecule has 3 aromatic rings. The molecule has 0 fully saturated rings. The number of esters is 1. The Morgan fingerprint density at radius 1 is 1.21 bits per heavy atom. The molecule has 9 heteroatoms. The lowest BCUT2D eigenvalue weighted by atomic mass is 9.70. The molecule has 2 aromatic carbocycles. The van der Waals surface area contributed by atoms with Crippen LogP contribution in [0.1, 0.15) is 50.1 Å². The Balaban J connectivity index is 1.69. The van der Waals surface area contributed by atoms with Crippen molar-refractivity contribution in [2.24, 2.45) is 0 Å². The molecule has 1 aliphatic carbocycles. The van der Waals surface area contributed by atoms with Crippen molar-refractivity contribution in [1.29, 1.82) is 5.26 Å². The Morgan fingerprint density at radius 3 is 2.53 bits per heavy atom. The first-order valence-electron chi connectivity index (χ1n) is 10.7. The molecule has 0 radical (unpaired) electrons. The molecular formula is C25H21N3O5S. The standard InChI is InChI=1S/C25H21N3O5S/c1-2-33-24(30)21-19-12-13-25(15-26,17-6-4-3-5-7-17)14-20(19)34-23(21)27-22(29)16-8-10-18(11-9-16)28(31)32/h3-11H,2,12-14H2,1H3,(H,27,29). The minimum absolute atomic E-state index is 0.121. The number of fused-ring (bicyclic) bond motifs is 1. The largest absolute Gasteiger partial charge is 0.462 e. The number of nitrogens with one attached hydrogen (secondary N) is 1. The Morgan fingerprint density at radius 2 is 1.91 bits per heavy atom. The van der Waals surface area contributed by atoms with Crippen molar-refractivity contribution in [3.8, 4) is 6.07 Å². The molecule has 8 nitrogen and oxygen atoms in total. The molecule has 1 amide bonds. The maximum absolute atomic E-state index is 12.9. The van der Waals surface area contributed by atoms with Crippen LogP contribution in [0, 0.1) is 21.4 Å². The lowest BCUT2D eigenvalue weighted by Gasteiger charge is -2.31. The second kappa shape index (κ2) is 9.45. The number of thiophene rings is 1. The van der Waals surface area contributed by atoms with Crippen LogP contribution in [-0.4, -0.2) is 23.4 Å². The van der Waals surface area contributed by atoms with Gasteiger partial charge >= 0.3 is 5.97 Å². The molecule has 1 aliphatic rings. The van der Waals surface area contributed by atoms with Crippen LogP contribution in [-0.2, 0) is 23.0 Å². The fourth-order valence-electron chi connectivity index (χ4n) is 4.20. The van der Waals surface area contributed by atoms with Crippen LogP contribution in [0.15, 0.2) is 54.6 Å². The number of nitriles is 1. The summed E-state index contributed by atoms with van der Waals surface area (Å²) in [6, 6.07) is 17.3. The molecular weight excluding hydrogens is 454 g/mol. The van der Waals surface area contributed by atoms with E-state index in [0.717, 1.165) is 16.0 Å². The van der Waals surface area contributed by atoms with Crippen molar-refractivity contribution < 1.29 is 19.2 Å². The van der Waals surface area contributed by atoms with E-state index in [2.05, 4.69) is 11.4 Å². The lowest BCUT2D eigenvalue weighted by molar-refractivity contribution is -0.384. The number of ether oxygens (including phenoxy) is 1. The molecule has 0 aliphatic heterocycles. The number of carbonyl (C=O) groups excluding carboxylic acids is 2. The lowest BCUT2D eigenvalue weighted by Crippen LogP contribution is -2.31. The number of nitro groups is 1. The van der Waals surface area contributed by atoms with Crippen molar-refractivity contribution in [3.05, 3.63) is 91.8 Å². The highest BCUT2D eigenvalue weighted by Crippen LogP contribution is 2.45. The first-order chi connectivity index (χ1) is 16.4. The Hall–Kier alpha value is -4.03. The van der Waals surface area contributed by atoms with Crippen LogP contribution in [0.4, 0.5) is 10.7 Å². The van der Waals surface area contributed by atoms with E-state index >= 15 is 0 Å². The van der Waals surface area contributed by atoms with Gasteiger partial charge in [0.2, 0.25) is 0 Å². The van der Waals surface area contributed by atoms with Crippen LogP contribution in [0.25, 0.3) is 0 Å². The zero-order chi connectivity index (χ0) is 24.3. The van der Waals surface area contributed by atoms with Gasteiger partial charge in [-0.15, -0.1) is 11.3 Å². The van der Waals surface area contributed by atoms with Gasteiger partial charge in [0.15, 0.2) is 0 Å².